The van der Waals surface area contributed by atoms with E-state index >= 15 is 0 Å². The van der Waals surface area contributed by atoms with Gasteiger partial charge in [0.1, 0.15) is 0 Å². The minimum absolute atomic E-state index is 0.0397. The molecule has 0 aromatic heterocycles. The number of carboxylic acids is 1. The molecule has 0 bridgehead atoms. The largest absolute Gasteiger partial charge is 0.478 e. The predicted octanol–water partition coefficient (Wildman–Crippen LogP) is 2.63. The molecule has 28 heavy (non-hydrogen) atoms. The molecule has 10 heteroatoms. The lowest BCUT2D eigenvalue weighted by Gasteiger charge is -2.27. The first-order valence-corrected chi connectivity index (χ1v) is 10.5. The number of primary amides is 1. The molecule has 2 aromatic carbocycles. The Morgan fingerprint density at radius 1 is 1.14 bits per heavy atom. The van der Waals surface area contributed by atoms with Gasteiger partial charge in [0.05, 0.1) is 26.1 Å². The molecule has 0 fully saturated rings. The number of rotatable bonds is 5. The van der Waals surface area contributed by atoms with Crippen molar-refractivity contribution >= 4 is 45.1 Å². The Labute approximate surface area is 171 Å². The van der Waals surface area contributed by atoms with Crippen LogP contribution in [0.5, 0.6) is 0 Å². The minimum Gasteiger partial charge on any atom is -0.478 e. The number of aromatic carboxylic acids is 1. The predicted molar refractivity (Wildman–Crippen MR) is 105 cm³/mol. The summed E-state index contributed by atoms with van der Waals surface area (Å²) in [5, 5.41) is 9.67. The first kappa shape index (κ1) is 20.6. The summed E-state index contributed by atoms with van der Waals surface area (Å²) in [4.78, 5) is 23.3. The molecule has 148 valence electrons. The standard InChI is InChI=1S/C18H16Cl2N2O5S/c19-14-6-4-11(8-15(14)20)28(26,27)22-10-3-1-9-2-5-12(18(24)25)16(17(21)23)13(9)7-10/h2,4-6,8,10,22H,1,3,7H2,(H2,21,23)(H,24,25). The number of hydrogen-bond acceptors (Lipinski definition) is 4. The highest BCUT2D eigenvalue weighted by Gasteiger charge is 2.29. The number of halogens is 2. The Bertz CT molecular complexity index is 1090. The molecule has 1 aliphatic carbocycles. The zero-order chi connectivity index (χ0) is 20.6. The Balaban J connectivity index is 1.92. The van der Waals surface area contributed by atoms with Crippen LogP contribution in [0.1, 0.15) is 38.3 Å². The fourth-order valence-electron chi connectivity index (χ4n) is 3.33. The first-order valence-electron chi connectivity index (χ1n) is 8.25. The first-order chi connectivity index (χ1) is 13.1. The van der Waals surface area contributed by atoms with Crippen molar-refractivity contribution in [3.63, 3.8) is 0 Å². The molecule has 4 N–H and O–H groups in total. The summed E-state index contributed by atoms with van der Waals surface area (Å²) >= 11 is 11.7. The second kappa shape index (κ2) is 7.71. The molecule has 0 saturated carbocycles. The number of carbonyl (C=O) groups excluding carboxylic acids is 1. The van der Waals surface area contributed by atoms with Crippen LogP contribution < -0.4 is 10.5 Å². The molecular formula is C18H16Cl2N2O5S. The molecule has 0 heterocycles. The average molecular weight is 443 g/mol. The van der Waals surface area contributed by atoms with Crippen molar-refractivity contribution in [1.29, 1.82) is 0 Å². The fraction of sp³-hybridized carbons (Fsp3) is 0.222. The van der Waals surface area contributed by atoms with Gasteiger partial charge >= 0.3 is 5.97 Å². The van der Waals surface area contributed by atoms with Crippen LogP contribution in [0.3, 0.4) is 0 Å². The van der Waals surface area contributed by atoms with Crippen LogP contribution in [-0.2, 0) is 22.9 Å². The maximum atomic E-state index is 12.7. The molecule has 3 rings (SSSR count). The number of carboxylic acid groups (broad SMARTS) is 1. The number of aryl methyl sites for hydroxylation is 1. The summed E-state index contributed by atoms with van der Waals surface area (Å²) in [6.45, 7) is 0. The van der Waals surface area contributed by atoms with Crippen molar-refractivity contribution in [3.8, 4) is 0 Å². The average Bonchev–Trinajstić information content (AvgIpc) is 2.62. The molecule has 1 unspecified atom stereocenters. The van der Waals surface area contributed by atoms with E-state index in [1.54, 1.807) is 6.07 Å². The van der Waals surface area contributed by atoms with Crippen LogP contribution in [0.15, 0.2) is 35.2 Å². The zero-order valence-corrected chi connectivity index (χ0v) is 16.7. The number of hydrogen-bond donors (Lipinski definition) is 3. The van der Waals surface area contributed by atoms with Crippen molar-refractivity contribution in [2.45, 2.75) is 30.2 Å². The topological polar surface area (TPSA) is 127 Å². The van der Waals surface area contributed by atoms with E-state index in [9.17, 15) is 23.1 Å². The second-order valence-corrected chi connectivity index (χ2v) is 8.96. The third-order valence-electron chi connectivity index (χ3n) is 4.62. The Kier molecular flexibility index (Phi) is 5.67. The molecule has 1 atom stereocenters. The Morgan fingerprint density at radius 2 is 1.86 bits per heavy atom. The lowest BCUT2D eigenvalue weighted by atomic mass is 9.83. The number of benzene rings is 2. The van der Waals surface area contributed by atoms with E-state index in [0.29, 0.717) is 18.4 Å². The quantitative estimate of drug-likeness (QED) is 0.655. The van der Waals surface area contributed by atoms with Gasteiger partial charge in [-0.1, -0.05) is 29.3 Å². The smallest absolute Gasteiger partial charge is 0.336 e. The van der Waals surface area contributed by atoms with Crippen LogP contribution in [0, 0.1) is 0 Å². The van der Waals surface area contributed by atoms with Gasteiger partial charge in [-0.2, -0.15) is 0 Å². The third kappa shape index (κ3) is 4.00. The molecule has 2 aromatic rings. The monoisotopic (exact) mass is 442 g/mol. The van der Waals surface area contributed by atoms with Gasteiger partial charge < -0.3 is 10.8 Å². The van der Waals surface area contributed by atoms with E-state index < -0.39 is 27.9 Å². The maximum Gasteiger partial charge on any atom is 0.336 e. The summed E-state index contributed by atoms with van der Waals surface area (Å²) in [6, 6.07) is 6.43. The molecule has 0 saturated heterocycles. The lowest BCUT2D eigenvalue weighted by Crippen LogP contribution is -2.39. The number of nitrogens with one attached hydrogen (secondary N) is 1. The van der Waals surface area contributed by atoms with Gasteiger partial charge in [0.25, 0.3) is 0 Å². The van der Waals surface area contributed by atoms with Crippen LogP contribution in [0.2, 0.25) is 10.0 Å². The summed E-state index contributed by atoms with van der Waals surface area (Å²) in [5.74, 6) is -2.13. The number of sulfonamides is 1. The second-order valence-electron chi connectivity index (χ2n) is 6.43. The van der Waals surface area contributed by atoms with Crippen molar-refractivity contribution < 1.29 is 23.1 Å². The fourth-order valence-corrected chi connectivity index (χ4v) is 4.99. The van der Waals surface area contributed by atoms with Gasteiger partial charge in [0.2, 0.25) is 15.9 Å². The number of amides is 1. The SMILES string of the molecule is NC(=O)c1c(C(=O)O)ccc2c1CC(NS(=O)(=O)c1ccc(Cl)c(Cl)c1)CC2. The van der Waals surface area contributed by atoms with Crippen LogP contribution in [0.4, 0.5) is 0 Å². The van der Waals surface area contributed by atoms with Crippen LogP contribution >= 0.6 is 23.2 Å². The minimum atomic E-state index is -3.89. The van der Waals surface area contributed by atoms with E-state index in [1.807, 2.05) is 0 Å². The summed E-state index contributed by atoms with van der Waals surface area (Å²) in [5.41, 5.74) is 6.37. The normalized spacial score (nSPS) is 16.4. The van der Waals surface area contributed by atoms with Crippen molar-refractivity contribution in [3.05, 3.63) is 62.6 Å². The van der Waals surface area contributed by atoms with E-state index in [0.717, 1.165) is 5.56 Å². The summed E-state index contributed by atoms with van der Waals surface area (Å²) in [7, 11) is -3.89. The number of carbonyl (C=O) groups is 2. The highest BCUT2D eigenvalue weighted by Crippen LogP contribution is 2.29. The molecule has 1 aliphatic rings. The van der Waals surface area contributed by atoms with E-state index in [1.165, 1.54) is 24.3 Å². The van der Waals surface area contributed by atoms with Gasteiger partial charge in [-0.05, 0) is 54.7 Å². The van der Waals surface area contributed by atoms with Crippen molar-refractivity contribution in [2.24, 2.45) is 5.73 Å². The molecule has 1 amide bonds. The van der Waals surface area contributed by atoms with Crippen LogP contribution in [-0.4, -0.2) is 31.4 Å². The van der Waals surface area contributed by atoms with E-state index in [4.69, 9.17) is 28.9 Å². The van der Waals surface area contributed by atoms with Crippen molar-refractivity contribution in [2.75, 3.05) is 0 Å². The Hall–Kier alpha value is -2.13. The third-order valence-corrected chi connectivity index (χ3v) is 6.88. The highest BCUT2D eigenvalue weighted by molar-refractivity contribution is 7.89. The highest BCUT2D eigenvalue weighted by atomic mass is 35.5. The lowest BCUT2D eigenvalue weighted by molar-refractivity contribution is 0.0691. The van der Waals surface area contributed by atoms with Crippen molar-refractivity contribution in [1.82, 2.24) is 4.72 Å². The maximum absolute atomic E-state index is 12.7. The molecule has 7 nitrogen and oxygen atoms in total. The van der Waals surface area contributed by atoms with Crippen LogP contribution in [0.25, 0.3) is 0 Å². The number of fused-ring (bicyclic) bond motifs is 1. The molecule has 0 spiro atoms. The zero-order valence-electron chi connectivity index (χ0n) is 14.4. The summed E-state index contributed by atoms with van der Waals surface area (Å²) in [6.07, 6.45) is 1.11. The van der Waals surface area contributed by atoms with Gasteiger partial charge in [0, 0.05) is 6.04 Å². The van der Waals surface area contributed by atoms with Gasteiger partial charge in [-0.15, -0.1) is 0 Å². The van der Waals surface area contributed by atoms with Gasteiger partial charge in [0.15, 0.2) is 0 Å². The molecule has 0 aliphatic heterocycles. The summed E-state index contributed by atoms with van der Waals surface area (Å²) < 4.78 is 27.9. The van der Waals surface area contributed by atoms with E-state index in [2.05, 4.69) is 4.72 Å². The molecular weight excluding hydrogens is 427 g/mol. The van der Waals surface area contributed by atoms with Gasteiger partial charge in [-0.3, -0.25) is 4.79 Å². The number of nitrogens with two attached hydrogens (primary N) is 1. The van der Waals surface area contributed by atoms with E-state index in [-0.39, 0.29) is 32.5 Å². The Morgan fingerprint density at radius 3 is 2.46 bits per heavy atom. The molecule has 0 radical (unpaired) electrons. The van der Waals surface area contributed by atoms with Gasteiger partial charge in [-0.25, -0.2) is 17.9 Å².